The number of pyridine rings is 1. The van der Waals surface area contributed by atoms with Crippen molar-refractivity contribution in [1.82, 2.24) is 0 Å². The van der Waals surface area contributed by atoms with Crippen LogP contribution in [0.4, 0.5) is 0 Å². The van der Waals surface area contributed by atoms with Crippen LogP contribution in [0.25, 0.3) is 5.57 Å². The molecular weight excluding hydrogens is 263 g/mol. The van der Waals surface area contributed by atoms with E-state index in [2.05, 4.69) is 24.1 Å². The van der Waals surface area contributed by atoms with Gasteiger partial charge in [-0.05, 0) is 19.4 Å². The Morgan fingerprint density at radius 3 is 2.33 bits per heavy atom. The Kier molecular flexibility index (Phi) is 5.68. The summed E-state index contributed by atoms with van der Waals surface area (Å²) in [5, 5.41) is 0. The van der Waals surface area contributed by atoms with Gasteiger partial charge in [-0.15, -0.1) is 12.6 Å². The molecule has 1 heterocycles. The van der Waals surface area contributed by atoms with Crippen molar-refractivity contribution in [3.8, 4) is 5.75 Å². The Morgan fingerprint density at radius 2 is 1.93 bits per heavy atom. The number of aromatic nitrogens is 1. The van der Waals surface area contributed by atoms with Crippen LogP contribution in [0, 0.1) is 19.9 Å². The first-order chi connectivity index (χ1) is 6.49. The number of methoxy groups -OCH3 is 1. The molecule has 0 aromatic carbocycles. The Hall–Kier alpha value is -0.206. The summed E-state index contributed by atoms with van der Waals surface area (Å²) >= 11 is 0. The number of rotatable bonds is 2. The summed E-state index contributed by atoms with van der Waals surface area (Å²) in [5.41, 5.74) is 4.29. The number of aryl methyl sites for hydroxylation is 1. The zero-order valence-electron chi connectivity index (χ0n) is 10.1. The number of ether oxygens (including phenoxy) is 1. The van der Waals surface area contributed by atoms with Crippen LogP contribution in [-0.4, -0.2) is 7.11 Å². The fourth-order valence-corrected chi connectivity index (χ4v) is 1.52. The molecule has 0 saturated carbocycles. The average Bonchev–Trinajstić information content (AvgIpc) is 2.12. The summed E-state index contributed by atoms with van der Waals surface area (Å²) in [5.74, 6) is 0.767. The Morgan fingerprint density at radius 1 is 1.40 bits per heavy atom. The summed E-state index contributed by atoms with van der Waals surface area (Å²) in [6.07, 6.45) is 0. The summed E-state index contributed by atoms with van der Waals surface area (Å²) in [4.78, 5) is 0. The van der Waals surface area contributed by atoms with Gasteiger partial charge in [-0.3, -0.25) is 0 Å². The fraction of sp³-hybridized carbons (Fsp3) is 0.417. The van der Waals surface area contributed by atoms with E-state index in [0.717, 1.165) is 22.6 Å². The smallest absolute Gasteiger partial charge is 0.142 e. The molecule has 0 aliphatic heterocycles. The van der Waals surface area contributed by atoms with E-state index >= 15 is 0 Å². The first kappa shape index (κ1) is 14.8. The summed E-state index contributed by atoms with van der Waals surface area (Å²) < 4.78 is 7.38. The molecule has 3 heteroatoms. The second kappa shape index (κ2) is 5.76. The maximum Gasteiger partial charge on any atom is 0.142 e. The molecule has 0 atom stereocenters. The van der Waals surface area contributed by atoms with E-state index in [9.17, 15) is 0 Å². The minimum atomic E-state index is 0. The van der Waals surface area contributed by atoms with Crippen molar-refractivity contribution in [2.75, 3.05) is 7.11 Å². The van der Waals surface area contributed by atoms with Crippen LogP contribution in [0.1, 0.15) is 23.9 Å². The summed E-state index contributed by atoms with van der Waals surface area (Å²) in [6.45, 7) is 10.0. The molecule has 0 saturated heterocycles. The molecule has 2 nitrogen and oxygen atoms in total. The molecule has 0 amide bonds. The number of allylic oxidation sites excluding steroid dienone is 1. The quantitative estimate of drug-likeness (QED) is 0.596. The van der Waals surface area contributed by atoms with Gasteiger partial charge in [-0.1, -0.05) is 12.5 Å². The molecule has 79 valence electrons. The van der Waals surface area contributed by atoms with Crippen LogP contribution in [0.3, 0.4) is 0 Å². The monoisotopic (exact) mass is 280 g/mol. The van der Waals surface area contributed by atoms with E-state index in [4.69, 9.17) is 4.74 Å². The predicted octanol–water partition coefficient (Wildman–Crippen LogP) is 1.97. The van der Waals surface area contributed by atoms with Crippen molar-refractivity contribution in [2.45, 2.75) is 20.8 Å². The minimum Gasteiger partial charge on any atom is -0.516 e. The van der Waals surface area contributed by atoms with Crippen molar-refractivity contribution in [2.24, 2.45) is 7.05 Å². The molecule has 0 fully saturated rings. The van der Waals surface area contributed by atoms with E-state index in [1.807, 2.05) is 20.9 Å². The molecule has 0 unspecified atom stereocenters. The van der Waals surface area contributed by atoms with Gasteiger partial charge in [0.15, 0.2) is 0 Å². The Balaban J connectivity index is 0.00000196. The molecule has 0 aliphatic carbocycles. The van der Waals surface area contributed by atoms with Crippen molar-refractivity contribution in [1.29, 1.82) is 0 Å². The van der Waals surface area contributed by atoms with Gasteiger partial charge in [-0.25, -0.2) is 0 Å². The zero-order chi connectivity index (χ0) is 10.9. The first-order valence-electron chi connectivity index (χ1n) is 4.61. The first-order valence-corrected chi connectivity index (χ1v) is 4.61. The van der Waals surface area contributed by atoms with E-state index in [1.54, 1.807) is 7.11 Å². The standard InChI is InChI=1S/C12H17NO.Y/c1-8(2)12-11(14-6)7-9(3)10(4)13(12)5;/h1H2,2-6H3;. The molecule has 0 N–H and O–H groups in total. The van der Waals surface area contributed by atoms with Crippen molar-refractivity contribution < 1.29 is 42.0 Å². The molecule has 1 radical (unpaired) electrons. The summed E-state index contributed by atoms with van der Waals surface area (Å²) in [7, 11) is 3.68. The van der Waals surface area contributed by atoms with E-state index in [1.165, 1.54) is 5.69 Å². The molecule has 15 heavy (non-hydrogen) atoms. The van der Waals surface area contributed by atoms with Crippen molar-refractivity contribution in [3.05, 3.63) is 29.6 Å². The maximum atomic E-state index is 5.29. The van der Waals surface area contributed by atoms with Crippen LogP contribution in [0.5, 0.6) is 5.75 Å². The normalized spacial score (nSPS) is 9.40. The van der Waals surface area contributed by atoms with Gasteiger partial charge < -0.3 is 9.30 Å². The second-order valence-electron chi connectivity index (χ2n) is 3.56. The largest absolute Gasteiger partial charge is 0.516 e. The van der Waals surface area contributed by atoms with Gasteiger partial charge in [0.1, 0.15) is 12.7 Å². The molecule has 0 aliphatic rings. The Labute approximate surface area is 117 Å². The van der Waals surface area contributed by atoms with Gasteiger partial charge in [0.05, 0.1) is 18.6 Å². The van der Waals surface area contributed by atoms with Gasteiger partial charge >= 0.3 is 0 Å². The number of hydrogen-bond acceptors (Lipinski definition) is 1. The van der Waals surface area contributed by atoms with Crippen LogP contribution < -0.4 is 9.30 Å². The maximum absolute atomic E-state index is 5.29. The number of nitrogens with zero attached hydrogens (tertiary/aromatic N) is 1. The predicted molar refractivity (Wildman–Crippen MR) is 57.2 cm³/mol. The molecule has 1 rings (SSSR count). The zero-order valence-corrected chi connectivity index (χ0v) is 13.0. The molecule has 0 bridgehead atoms. The van der Waals surface area contributed by atoms with Gasteiger partial charge in [0.25, 0.3) is 0 Å². The number of hydrogen-bond donors (Lipinski definition) is 0. The van der Waals surface area contributed by atoms with E-state index < -0.39 is 0 Å². The topological polar surface area (TPSA) is 13.1 Å². The molecule has 0 spiro atoms. The van der Waals surface area contributed by atoms with Gasteiger partial charge in [0.2, 0.25) is 0 Å². The van der Waals surface area contributed by atoms with Crippen molar-refractivity contribution in [3.63, 3.8) is 0 Å². The molecular formula is C12H17NOY. The van der Waals surface area contributed by atoms with Gasteiger partial charge in [-0.2, -0.15) is 0 Å². The average molecular weight is 280 g/mol. The third kappa shape index (κ3) is 2.88. The van der Waals surface area contributed by atoms with Crippen LogP contribution >= 0.6 is 0 Å². The second-order valence-corrected chi connectivity index (χ2v) is 3.56. The van der Waals surface area contributed by atoms with Crippen LogP contribution in [-0.2, 0) is 39.8 Å². The SMILES string of the molecule is C=C(C)c1c(OC)[c-]c(C)c(C)[n+]1C.[Y]. The third-order valence-electron chi connectivity index (χ3n) is 2.51. The summed E-state index contributed by atoms with van der Waals surface area (Å²) in [6, 6.07) is 3.21. The van der Waals surface area contributed by atoms with Gasteiger partial charge in [0, 0.05) is 32.7 Å². The fourth-order valence-electron chi connectivity index (χ4n) is 1.52. The third-order valence-corrected chi connectivity index (χ3v) is 2.51. The molecule has 1 aromatic rings. The van der Waals surface area contributed by atoms with E-state index in [-0.39, 0.29) is 32.7 Å². The minimum absolute atomic E-state index is 0. The Bertz CT molecular complexity index is 386. The van der Waals surface area contributed by atoms with E-state index in [0.29, 0.717) is 0 Å². The molecule has 1 aromatic heterocycles. The van der Waals surface area contributed by atoms with Crippen molar-refractivity contribution >= 4 is 5.57 Å². The van der Waals surface area contributed by atoms with Crippen LogP contribution in [0.15, 0.2) is 6.58 Å². The van der Waals surface area contributed by atoms with Crippen LogP contribution in [0.2, 0.25) is 0 Å².